The molecule has 2 N–H and O–H groups in total. The van der Waals surface area contributed by atoms with Gasteiger partial charge in [0.25, 0.3) is 5.92 Å². The highest BCUT2D eigenvalue weighted by Gasteiger charge is 2.46. The first-order valence-corrected chi connectivity index (χ1v) is 12.6. The molecule has 0 radical (unpaired) electrons. The van der Waals surface area contributed by atoms with Crippen LogP contribution in [0.4, 0.5) is 14.6 Å². The van der Waals surface area contributed by atoms with Gasteiger partial charge in [0.15, 0.2) is 5.82 Å². The molecule has 4 aromatic rings. The fraction of sp³-hybridized carbons (Fsp3) is 0.444. The fourth-order valence-corrected chi connectivity index (χ4v) is 6.12. The molecule has 1 saturated heterocycles. The van der Waals surface area contributed by atoms with Crippen molar-refractivity contribution in [2.75, 3.05) is 25.1 Å². The minimum absolute atomic E-state index is 0.0210. The summed E-state index contributed by atoms with van der Waals surface area (Å²) in [7, 11) is 3.34. The van der Waals surface area contributed by atoms with Gasteiger partial charge in [0.05, 0.1) is 24.7 Å². The molecule has 6 rings (SSSR count). The molecule has 1 aliphatic carbocycles. The van der Waals surface area contributed by atoms with Gasteiger partial charge in [-0.2, -0.15) is 19.0 Å². The van der Waals surface area contributed by atoms with Crippen LogP contribution >= 0.6 is 0 Å². The Morgan fingerprint density at radius 2 is 1.92 bits per heavy atom. The monoisotopic (exact) mass is 507 g/mol. The first-order valence-electron chi connectivity index (χ1n) is 12.6. The number of rotatable bonds is 4. The van der Waals surface area contributed by atoms with Crippen molar-refractivity contribution in [2.24, 2.45) is 18.2 Å². The highest BCUT2D eigenvalue weighted by molar-refractivity contribution is 5.75. The summed E-state index contributed by atoms with van der Waals surface area (Å²) in [5, 5.41) is 8.59. The van der Waals surface area contributed by atoms with Gasteiger partial charge in [-0.1, -0.05) is 6.07 Å². The van der Waals surface area contributed by atoms with Gasteiger partial charge in [0.2, 0.25) is 0 Å². The molecule has 1 aromatic carbocycles. The second-order valence-electron chi connectivity index (χ2n) is 10.5. The highest BCUT2D eigenvalue weighted by atomic mass is 19.3. The topological polar surface area (TPSA) is 86.5 Å². The van der Waals surface area contributed by atoms with Crippen LogP contribution in [-0.2, 0) is 19.4 Å². The molecule has 1 atom stereocenters. The van der Waals surface area contributed by atoms with E-state index in [2.05, 4.69) is 27.2 Å². The Morgan fingerprint density at radius 1 is 1.16 bits per heavy atom. The zero-order chi connectivity index (χ0) is 26.1. The standard InChI is InChI=1S/C27H31F2N7O/c1-16-23(21-14-22(26(2,28)29)33-34(21)3)36-20(7-10-31-36)25(32-16)35-11-8-27(9-12-35)15-17-5-6-18(37-4)13-19(17)24(27)30/h5-7,10,13-14,24H,8-9,11-12,15,30H2,1-4H3/t24-/m1/s1. The van der Waals surface area contributed by atoms with Crippen LogP contribution in [-0.4, -0.2) is 44.6 Å². The van der Waals surface area contributed by atoms with Crippen molar-refractivity contribution in [3.8, 4) is 17.1 Å². The lowest BCUT2D eigenvalue weighted by Gasteiger charge is -2.42. The molecule has 0 saturated carbocycles. The number of alkyl halides is 2. The van der Waals surface area contributed by atoms with Gasteiger partial charge in [0.1, 0.15) is 22.7 Å². The van der Waals surface area contributed by atoms with Crippen LogP contribution in [0.15, 0.2) is 36.5 Å². The summed E-state index contributed by atoms with van der Waals surface area (Å²) in [4.78, 5) is 7.27. The second-order valence-corrected chi connectivity index (χ2v) is 10.5. The molecule has 1 aliphatic heterocycles. The Labute approximate surface area is 214 Å². The molecule has 2 aliphatic rings. The maximum absolute atomic E-state index is 14.0. The zero-order valence-corrected chi connectivity index (χ0v) is 21.5. The molecule has 3 aromatic heterocycles. The van der Waals surface area contributed by atoms with E-state index in [1.807, 2.05) is 19.1 Å². The van der Waals surface area contributed by atoms with E-state index in [4.69, 9.17) is 15.5 Å². The second kappa shape index (κ2) is 8.24. The number of halogens is 2. The number of methoxy groups -OCH3 is 1. The number of aryl methyl sites for hydroxylation is 2. The van der Waals surface area contributed by atoms with Crippen molar-refractivity contribution < 1.29 is 13.5 Å². The molecule has 4 heterocycles. The lowest BCUT2D eigenvalue weighted by molar-refractivity contribution is 0.0122. The maximum Gasteiger partial charge on any atom is 0.288 e. The van der Waals surface area contributed by atoms with Crippen LogP contribution in [0.3, 0.4) is 0 Å². The molecule has 0 bridgehead atoms. The molecule has 10 heteroatoms. The van der Waals surface area contributed by atoms with Crippen molar-refractivity contribution in [3.63, 3.8) is 0 Å². The summed E-state index contributed by atoms with van der Waals surface area (Å²) in [5.41, 5.74) is 11.8. The van der Waals surface area contributed by atoms with E-state index < -0.39 is 5.92 Å². The number of aromatic nitrogens is 5. The van der Waals surface area contributed by atoms with E-state index >= 15 is 0 Å². The third-order valence-electron chi connectivity index (χ3n) is 8.22. The Balaban J connectivity index is 1.31. The first-order chi connectivity index (χ1) is 17.6. The van der Waals surface area contributed by atoms with Crippen molar-refractivity contribution in [3.05, 3.63) is 59.0 Å². The van der Waals surface area contributed by atoms with Crippen LogP contribution in [0.2, 0.25) is 0 Å². The average Bonchev–Trinajstić information content (AvgIpc) is 3.56. The Kier molecular flexibility index (Phi) is 5.31. The number of fused-ring (bicyclic) bond motifs is 2. The minimum atomic E-state index is -3.03. The van der Waals surface area contributed by atoms with Crippen LogP contribution in [0.1, 0.15) is 48.3 Å². The molecular weight excluding hydrogens is 476 g/mol. The van der Waals surface area contributed by atoms with Gasteiger partial charge >= 0.3 is 0 Å². The quantitative estimate of drug-likeness (QED) is 0.441. The van der Waals surface area contributed by atoms with Gasteiger partial charge in [-0.15, -0.1) is 0 Å². The summed E-state index contributed by atoms with van der Waals surface area (Å²) < 4.78 is 36.6. The minimum Gasteiger partial charge on any atom is -0.497 e. The van der Waals surface area contributed by atoms with Crippen molar-refractivity contribution in [1.82, 2.24) is 24.4 Å². The Bertz CT molecular complexity index is 1490. The van der Waals surface area contributed by atoms with Crippen molar-refractivity contribution in [1.29, 1.82) is 0 Å². The van der Waals surface area contributed by atoms with Crippen LogP contribution in [0, 0.1) is 12.3 Å². The third-order valence-corrected chi connectivity index (χ3v) is 8.22. The molecule has 194 valence electrons. The molecule has 0 unspecified atom stereocenters. The van der Waals surface area contributed by atoms with Crippen LogP contribution in [0.25, 0.3) is 16.9 Å². The summed E-state index contributed by atoms with van der Waals surface area (Å²) in [5.74, 6) is -1.34. The lowest BCUT2D eigenvalue weighted by atomic mass is 9.73. The average molecular weight is 508 g/mol. The lowest BCUT2D eigenvalue weighted by Crippen LogP contribution is -2.44. The van der Waals surface area contributed by atoms with Crippen LogP contribution < -0.4 is 15.4 Å². The van der Waals surface area contributed by atoms with Crippen molar-refractivity contribution in [2.45, 2.75) is 45.1 Å². The number of benzene rings is 1. The van der Waals surface area contributed by atoms with Crippen molar-refractivity contribution >= 4 is 11.3 Å². The number of nitrogens with two attached hydrogens (primary N) is 1. The van der Waals surface area contributed by atoms with Crippen LogP contribution in [0.5, 0.6) is 5.75 Å². The predicted molar refractivity (Wildman–Crippen MR) is 137 cm³/mol. The largest absolute Gasteiger partial charge is 0.497 e. The van der Waals surface area contributed by atoms with Gasteiger partial charge in [-0.3, -0.25) is 4.68 Å². The number of nitrogens with zero attached hydrogens (tertiary/aromatic N) is 6. The normalized spacial score (nSPS) is 19.1. The summed E-state index contributed by atoms with van der Waals surface area (Å²) in [6, 6.07) is 9.56. The van der Waals surface area contributed by atoms with E-state index in [0.29, 0.717) is 17.1 Å². The van der Waals surface area contributed by atoms with Gasteiger partial charge in [-0.05, 0) is 67.0 Å². The molecule has 1 spiro atoms. The molecule has 0 amide bonds. The van der Waals surface area contributed by atoms with E-state index in [1.54, 1.807) is 24.9 Å². The predicted octanol–water partition coefficient (Wildman–Crippen LogP) is 4.40. The molecule has 37 heavy (non-hydrogen) atoms. The number of hydrogen-bond acceptors (Lipinski definition) is 6. The number of hydrogen-bond donors (Lipinski definition) is 1. The van der Waals surface area contributed by atoms with E-state index in [-0.39, 0.29) is 17.2 Å². The summed E-state index contributed by atoms with van der Waals surface area (Å²) in [6.45, 7) is 4.39. The van der Waals surface area contributed by atoms with E-state index in [0.717, 1.165) is 56.4 Å². The van der Waals surface area contributed by atoms with E-state index in [1.165, 1.54) is 21.9 Å². The molecule has 1 fully saturated rings. The Morgan fingerprint density at radius 3 is 2.59 bits per heavy atom. The maximum atomic E-state index is 14.0. The number of ether oxygens (including phenoxy) is 1. The fourth-order valence-electron chi connectivity index (χ4n) is 6.12. The zero-order valence-electron chi connectivity index (χ0n) is 21.5. The molecule has 8 nitrogen and oxygen atoms in total. The molecular formula is C27H31F2N7O. The first kappa shape index (κ1) is 23.8. The van der Waals surface area contributed by atoms with Gasteiger partial charge < -0.3 is 15.4 Å². The number of piperidine rings is 1. The third kappa shape index (κ3) is 3.68. The Hall–Kier alpha value is -3.53. The smallest absolute Gasteiger partial charge is 0.288 e. The van der Waals surface area contributed by atoms with E-state index in [9.17, 15) is 8.78 Å². The number of anilines is 1. The SMILES string of the molecule is COc1ccc2c(c1)[C@@H](N)C1(CCN(c3nc(C)c(-c4cc(C(C)(F)F)nn4C)n4nccc34)CC1)C2. The summed E-state index contributed by atoms with van der Waals surface area (Å²) >= 11 is 0. The van der Waals surface area contributed by atoms with Gasteiger partial charge in [0, 0.05) is 33.1 Å². The van der Waals surface area contributed by atoms with Gasteiger partial charge in [-0.25, -0.2) is 9.50 Å². The summed E-state index contributed by atoms with van der Waals surface area (Å²) in [6.07, 6.45) is 4.59. The highest BCUT2D eigenvalue weighted by Crippen LogP contribution is 2.52.